The molecule has 3 aromatic carbocycles. The van der Waals surface area contributed by atoms with Crippen molar-refractivity contribution in [3.8, 4) is 0 Å². The molecule has 3 heteroatoms. The van der Waals surface area contributed by atoms with E-state index < -0.39 is 10.8 Å². The molecule has 0 bridgehead atoms. The first-order valence-electron chi connectivity index (χ1n) is 7.07. The minimum atomic E-state index is -1.04. The maximum absolute atomic E-state index is 13.1. The predicted molar refractivity (Wildman–Crippen MR) is 93.9 cm³/mol. The van der Waals surface area contributed by atoms with Crippen molar-refractivity contribution in [2.45, 2.75) is 9.04 Å². The average molecular weight is 371 g/mol. The van der Waals surface area contributed by atoms with Gasteiger partial charge in [0.1, 0.15) is 0 Å². The molecule has 0 aliphatic heterocycles. The van der Waals surface area contributed by atoms with Crippen LogP contribution in [0, 0.1) is 0 Å². The molecule has 0 aliphatic carbocycles. The molecule has 0 amide bonds. The fourth-order valence-electron chi connectivity index (χ4n) is 2.15. The number of hydrogen-bond acceptors (Lipinski definition) is 1. The Balaban J connectivity index is 1.95. The van der Waals surface area contributed by atoms with Crippen LogP contribution in [0.4, 0.5) is 0 Å². The van der Waals surface area contributed by atoms with E-state index in [-0.39, 0.29) is 19.1 Å². The molecule has 0 N–H and O–H groups in total. The Labute approximate surface area is 140 Å². The van der Waals surface area contributed by atoms with Gasteiger partial charge >= 0.3 is 140 Å². The third-order valence-electron chi connectivity index (χ3n) is 3.23. The summed E-state index contributed by atoms with van der Waals surface area (Å²) in [6.45, 7) is 0. The molecule has 2 unspecified atom stereocenters. The zero-order valence-corrected chi connectivity index (χ0v) is 14.5. The van der Waals surface area contributed by atoms with Gasteiger partial charge in [-0.3, -0.25) is 0 Å². The van der Waals surface area contributed by atoms with Gasteiger partial charge in [0, 0.05) is 0 Å². The van der Waals surface area contributed by atoms with Crippen LogP contribution < -0.4 is 4.46 Å². The fourth-order valence-corrected chi connectivity index (χ4v) is 6.93. The molecule has 0 heterocycles. The van der Waals surface area contributed by atoms with Gasteiger partial charge in [0.25, 0.3) is 0 Å². The molecule has 0 radical (unpaired) electrons. The van der Waals surface area contributed by atoms with Gasteiger partial charge < -0.3 is 0 Å². The molecule has 3 rings (SSSR count). The minimum absolute atomic E-state index is 0.0264. The van der Waals surface area contributed by atoms with Crippen LogP contribution in [-0.2, 0) is 10.8 Å². The molecule has 2 atom stereocenters. The van der Waals surface area contributed by atoms with Crippen LogP contribution in [0.25, 0.3) is 0 Å². The standard InChI is InChI=1S/C19H16OSSe/c20-21(17-12-6-2-7-13-17)19(16-10-4-1-5-11-16)22-18-14-8-3-9-15-18/h1-15,19H. The van der Waals surface area contributed by atoms with Crippen LogP contribution in [0.2, 0.25) is 0 Å². The van der Waals surface area contributed by atoms with E-state index >= 15 is 0 Å². The first-order chi connectivity index (χ1) is 10.8. The second-order valence-corrected chi connectivity index (χ2v) is 9.47. The summed E-state index contributed by atoms with van der Waals surface area (Å²) >= 11 is 0.114. The van der Waals surface area contributed by atoms with Crippen LogP contribution in [0.3, 0.4) is 0 Å². The summed E-state index contributed by atoms with van der Waals surface area (Å²) in [4.78, 5) is 0.897. The van der Waals surface area contributed by atoms with Gasteiger partial charge in [0.05, 0.1) is 0 Å². The topological polar surface area (TPSA) is 17.1 Å². The van der Waals surface area contributed by atoms with Crippen molar-refractivity contribution in [1.82, 2.24) is 0 Å². The van der Waals surface area contributed by atoms with Gasteiger partial charge in [-0.25, -0.2) is 0 Å². The summed E-state index contributed by atoms with van der Waals surface area (Å²) in [6, 6.07) is 30.3. The number of hydrogen-bond donors (Lipinski definition) is 0. The second-order valence-electron chi connectivity index (χ2n) is 4.78. The van der Waals surface area contributed by atoms with Crippen LogP contribution >= 0.6 is 0 Å². The molecule has 0 fully saturated rings. The average Bonchev–Trinajstić information content (AvgIpc) is 2.61. The van der Waals surface area contributed by atoms with Crippen LogP contribution in [0.1, 0.15) is 9.71 Å². The van der Waals surface area contributed by atoms with Gasteiger partial charge in [0.15, 0.2) is 0 Å². The van der Waals surface area contributed by atoms with Crippen molar-refractivity contribution in [2.24, 2.45) is 0 Å². The summed E-state index contributed by atoms with van der Waals surface area (Å²) < 4.78 is 14.4. The van der Waals surface area contributed by atoms with E-state index in [0.29, 0.717) is 0 Å². The van der Waals surface area contributed by atoms with E-state index in [1.165, 1.54) is 4.46 Å². The van der Waals surface area contributed by atoms with Gasteiger partial charge in [-0.05, 0) is 0 Å². The van der Waals surface area contributed by atoms with Crippen molar-refractivity contribution in [2.75, 3.05) is 0 Å². The molecule has 0 aliphatic rings. The van der Waals surface area contributed by atoms with E-state index in [0.717, 1.165) is 10.5 Å². The van der Waals surface area contributed by atoms with Gasteiger partial charge in [-0.1, -0.05) is 0 Å². The Morgan fingerprint density at radius 1 is 0.682 bits per heavy atom. The number of benzene rings is 3. The van der Waals surface area contributed by atoms with Gasteiger partial charge in [-0.2, -0.15) is 0 Å². The van der Waals surface area contributed by atoms with Crippen LogP contribution in [0.5, 0.6) is 0 Å². The zero-order chi connectivity index (χ0) is 15.2. The first-order valence-corrected chi connectivity index (χ1v) is 10.1. The molecule has 0 saturated heterocycles. The van der Waals surface area contributed by atoms with Crippen molar-refractivity contribution in [1.29, 1.82) is 0 Å². The summed E-state index contributed by atoms with van der Waals surface area (Å²) in [5, 5.41) is 0. The molecule has 0 spiro atoms. The predicted octanol–water partition coefficient (Wildman–Crippen LogP) is 3.52. The summed E-state index contributed by atoms with van der Waals surface area (Å²) in [7, 11) is -1.04. The Bertz CT molecular complexity index is 729. The maximum atomic E-state index is 13.1. The molecule has 3 aromatic rings. The van der Waals surface area contributed by atoms with E-state index in [9.17, 15) is 4.21 Å². The second kappa shape index (κ2) is 7.55. The fraction of sp³-hybridized carbons (Fsp3) is 0.0526. The molecular formula is C19H16OSSe. The third kappa shape index (κ3) is 3.75. The molecule has 1 nitrogen and oxygen atoms in total. The summed E-state index contributed by atoms with van der Waals surface area (Å²) in [5.74, 6) is 0. The van der Waals surface area contributed by atoms with E-state index in [1.54, 1.807) is 0 Å². The first kappa shape index (κ1) is 15.2. The Hall–Kier alpha value is -1.67. The SMILES string of the molecule is O=S(c1ccccc1)C([Se]c1ccccc1)c1ccccc1. The normalized spacial score (nSPS) is 13.5. The van der Waals surface area contributed by atoms with Gasteiger partial charge in [0.2, 0.25) is 0 Å². The Morgan fingerprint density at radius 2 is 1.18 bits per heavy atom. The van der Waals surface area contributed by atoms with Crippen molar-refractivity contribution in [3.63, 3.8) is 0 Å². The zero-order valence-electron chi connectivity index (χ0n) is 12.0. The summed E-state index contributed by atoms with van der Waals surface area (Å²) in [5.41, 5.74) is 1.15. The summed E-state index contributed by atoms with van der Waals surface area (Å²) in [6.07, 6.45) is 0. The van der Waals surface area contributed by atoms with E-state index in [1.807, 2.05) is 66.7 Å². The molecule has 22 heavy (non-hydrogen) atoms. The van der Waals surface area contributed by atoms with Gasteiger partial charge in [-0.15, -0.1) is 0 Å². The molecule has 110 valence electrons. The number of rotatable bonds is 5. The quantitative estimate of drug-likeness (QED) is 0.627. The molecule has 0 saturated carbocycles. The van der Waals surface area contributed by atoms with Crippen LogP contribution in [0.15, 0.2) is 95.9 Å². The van der Waals surface area contributed by atoms with E-state index in [4.69, 9.17) is 0 Å². The van der Waals surface area contributed by atoms with Crippen LogP contribution in [-0.4, -0.2) is 19.2 Å². The Morgan fingerprint density at radius 3 is 1.77 bits per heavy atom. The van der Waals surface area contributed by atoms with Crippen molar-refractivity contribution < 1.29 is 4.21 Å². The van der Waals surface area contributed by atoms with E-state index in [2.05, 4.69) is 24.3 Å². The monoisotopic (exact) mass is 372 g/mol. The molecule has 0 aromatic heterocycles. The van der Waals surface area contributed by atoms with Crippen molar-refractivity contribution in [3.05, 3.63) is 96.6 Å². The van der Waals surface area contributed by atoms with Crippen molar-refractivity contribution >= 4 is 30.2 Å². The Kier molecular flexibility index (Phi) is 5.23. The molecular weight excluding hydrogens is 355 g/mol. The third-order valence-corrected chi connectivity index (χ3v) is 8.39.